The van der Waals surface area contributed by atoms with Gasteiger partial charge in [0.1, 0.15) is 0 Å². The standard InChI is InChI=1S/C12H12ClN3O2/c1-2-8-5-3-4-6-9(8)16-10(7-11(17)18)12(13)14-15-16/h3-6H,2,7H2,1H3,(H,17,18). The molecule has 0 bridgehead atoms. The maximum absolute atomic E-state index is 10.8. The molecule has 2 rings (SSSR count). The third kappa shape index (κ3) is 2.36. The third-order valence-corrected chi connectivity index (χ3v) is 2.93. The fourth-order valence-electron chi connectivity index (χ4n) is 1.78. The highest BCUT2D eigenvalue weighted by atomic mass is 35.5. The number of aryl methyl sites for hydroxylation is 1. The van der Waals surface area contributed by atoms with Gasteiger partial charge in [-0.15, -0.1) is 5.10 Å². The van der Waals surface area contributed by atoms with Crippen molar-refractivity contribution in [1.82, 2.24) is 15.0 Å². The number of hydrogen-bond acceptors (Lipinski definition) is 3. The van der Waals surface area contributed by atoms with Crippen LogP contribution in [0.5, 0.6) is 0 Å². The molecule has 94 valence electrons. The van der Waals surface area contributed by atoms with E-state index in [-0.39, 0.29) is 11.6 Å². The van der Waals surface area contributed by atoms with Crippen LogP contribution in [-0.2, 0) is 17.6 Å². The summed E-state index contributed by atoms with van der Waals surface area (Å²) in [5, 5.41) is 16.7. The lowest BCUT2D eigenvalue weighted by Crippen LogP contribution is -2.10. The summed E-state index contributed by atoms with van der Waals surface area (Å²) in [5.74, 6) is -0.963. The van der Waals surface area contributed by atoms with Gasteiger partial charge in [-0.05, 0) is 18.1 Å². The van der Waals surface area contributed by atoms with Crippen molar-refractivity contribution in [1.29, 1.82) is 0 Å². The molecular formula is C12H12ClN3O2. The highest BCUT2D eigenvalue weighted by molar-refractivity contribution is 6.30. The molecule has 0 aliphatic carbocycles. The Morgan fingerprint density at radius 1 is 1.44 bits per heavy atom. The van der Waals surface area contributed by atoms with Gasteiger partial charge in [-0.25, -0.2) is 4.68 Å². The molecule has 0 unspecified atom stereocenters. The number of hydrogen-bond donors (Lipinski definition) is 1. The highest BCUT2D eigenvalue weighted by Crippen LogP contribution is 2.20. The lowest BCUT2D eigenvalue weighted by Gasteiger charge is -2.09. The van der Waals surface area contributed by atoms with Crippen LogP contribution in [0.1, 0.15) is 18.2 Å². The van der Waals surface area contributed by atoms with Gasteiger partial charge in [-0.2, -0.15) is 0 Å². The predicted octanol–water partition coefficient (Wildman–Crippen LogP) is 2.11. The van der Waals surface area contributed by atoms with E-state index in [4.69, 9.17) is 16.7 Å². The predicted molar refractivity (Wildman–Crippen MR) is 67.1 cm³/mol. The quantitative estimate of drug-likeness (QED) is 0.919. The summed E-state index contributed by atoms with van der Waals surface area (Å²) in [5.41, 5.74) is 2.27. The van der Waals surface area contributed by atoms with Crippen molar-refractivity contribution in [2.45, 2.75) is 19.8 Å². The Balaban J connectivity index is 2.53. The lowest BCUT2D eigenvalue weighted by molar-refractivity contribution is -0.136. The van der Waals surface area contributed by atoms with E-state index < -0.39 is 5.97 Å². The van der Waals surface area contributed by atoms with Crippen LogP contribution in [0.25, 0.3) is 5.69 Å². The Morgan fingerprint density at radius 2 is 2.17 bits per heavy atom. The summed E-state index contributed by atoms with van der Waals surface area (Å²) >= 11 is 5.88. The molecule has 1 aromatic carbocycles. The van der Waals surface area contributed by atoms with Crippen LogP contribution in [0.2, 0.25) is 5.15 Å². The number of aliphatic carboxylic acids is 1. The summed E-state index contributed by atoms with van der Waals surface area (Å²) in [6.07, 6.45) is 0.615. The molecular weight excluding hydrogens is 254 g/mol. The summed E-state index contributed by atoms with van der Waals surface area (Å²) in [4.78, 5) is 10.8. The van der Waals surface area contributed by atoms with Crippen molar-refractivity contribution in [3.63, 3.8) is 0 Å². The number of para-hydroxylation sites is 1. The second-order valence-electron chi connectivity index (χ2n) is 3.79. The average molecular weight is 266 g/mol. The maximum atomic E-state index is 10.8. The highest BCUT2D eigenvalue weighted by Gasteiger charge is 2.17. The summed E-state index contributed by atoms with van der Waals surface area (Å²) in [6.45, 7) is 2.02. The molecule has 0 saturated carbocycles. The molecule has 1 aromatic heterocycles. The van der Waals surface area contributed by atoms with Crippen molar-refractivity contribution < 1.29 is 9.90 Å². The Bertz CT molecular complexity index is 580. The first-order chi connectivity index (χ1) is 8.63. The summed E-state index contributed by atoms with van der Waals surface area (Å²) in [6, 6.07) is 7.64. The molecule has 1 N–H and O–H groups in total. The van der Waals surface area contributed by atoms with E-state index in [1.54, 1.807) is 0 Å². The molecule has 18 heavy (non-hydrogen) atoms. The number of carboxylic acid groups (broad SMARTS) is 1. The van der Waals surface area contributed by atoms with Crippen LogP contribution >= 0.6 is 11.6 Å². The maximum Gasteiger partial charge on any atom is 0.309 e. The zero-order valence-electron chi connectivity index (χ0n) is 9.80. The van der Waals surface area contributed by atoms with Crippen LogP contribution in [0.3, 0.4) is 0 Å². The van der Waals surface area contributed by atoms with Crippen LogP contribution in [0.15, 0.2) is 24.3 Å². The van der Waals surface area contributed by atoms with Crippen LogP contribution < -0.4 is 0 Å². The summed E-state index contributed by atoms with van der Waals surface area (Å²) in [7, 11) is 0. The monoisotopic (exact) mass is 265 g/mol. The minimum Gasteiger partial charge on any atom is -0.481 e. The van der Waals surface area contributed by atoms with Gasteiger partial charge in [0.2, 0.25) is 0 Å². The largest absolute Gasteiger partial charge is 0.481 e. The number of halogens is 1. The van der Waals surface area contributed by atoms with Gasteiger partial charge in [0.15, 0.2) is 5.15 Å². The van der Waals surface area contributed by atoms with Crippen molar-refractivity contribution in [3.05, 3.63) is 40.7 Å². The zero-order valence-corrected chi connectivity index (χ0v) is 10.6. The van der Waals surface area contributed by atoms with E-state index in [1.807, 2.05) is 31.2 Å². The van der Waals surface area contributed by atoms with Crippen molar-refractivity contribution in [2.24, 2.45) is 0 Å². The van der Waals surface area contributed by atoms with Gasteiger partial charge < -0.3 is 5.11 Å². The van der Waals surface area contributed by atoms with E-state index in [9.17, 15) is 4.79 Å². The average Bonchev–Trinajstić information content (AvgIpc) is 2.70. The smallest absolute Gasteiger partial charge is 0.309 e. The molecule has 0 fully saturated rings. The minimum atomic E-state index is -0.963. The number of carbonyl (C=O) groups is 1. The van der Waals surface area contributed by atoms with Crippen LogP contribution in [-0.4, -0.2) is 26.1 Å². The van der Waals surface area contributed by atoms with Crippen molar-refractivity contribution in [3.8, 4) is 5.69 Å². The van der Waals surface area contributed by atoms with Crippen LogP contribution in [0.4, 0.5) is 0 Å². The molecule has 6 heteroatoms. The molecule has 0 atom stereocenters. The summed E-state index contributed by atoms with van der Waals surface area (Å²) < 4.78 is 1.50. The van der Waals surface area contributed by atoms with E-state index in [0.717, 1.165) is 17.7 Å². The minimum absolute atomic E-state index is 0.128. The molecule has 0 aliphatic rings. The number of carboxylic acids is 1. The topological polar surface area (TPSA) is 68.0 Å². The number of aromatic nitrogens is 3. The van der Waals surface area contributed by atoms with Gasteiger partial charge in [0.05, 0.1) is 17.8 Å². The number of benzene rings is 1. The third-order valence-electron chi connectivity index (χ3n) is 2.64. The second kappa shape index (κ2) is 5.18. The van der Waals surface area contributed by atoms with E-state index in [0.29, 0.717) is 5.69 Å². The molecule has 1 heterocycles. The fourth-order valence-corrected chi connectivity index (χ4v) is 1.96. The first-order valence-electron chi connectivity index (χ1n) is 5.53. The Kier molecular flexibility index (Phi) is 3.62. The molecule has 0 aliphatic heterocycles. The molecule has 5 nitrogen and oxygen atoms in total. The van der Waals surface area contributed by atoms with Gasteiger partial charge in [0.25, 0.3) is 0 Å². The fraction of sp³-hybridized carbons (Fsp3) is 0.250. The van der Waals surface area contributed by atoms with Gasteiger partial charge in [-0.3, -0.25) is 4.79 Å². The Morgan fingerprint density at radius 3 is 2.83 bits per heavy atom. The SMILES string of the molecule is CCc1ccccc1-n1nnc(Cl)c1CC(=O)O. The first-order valence-corrected chi connectivity index (χ1v) is 5.91. The van der Waals surface area contributed by atoms with E-state index >= 15 is 0 Å². The Labute approximate surface area is 109 Å². The van der Waals surface area contributed by atoms with Crippen LogP contribution in [0, 0.1) is 0 Å². The second-order valence-corrected chi connectivity index (χ2v) is 4.15. The molecule has 2 aromatic rings. The molecule has 0 spiro atoms. The molecule has 0 saturated heterocycles. The van der Waals surface area contributed by atoms with E-state index in [2.05, 4.69) is 10.3 Å². The first kappa shape index (κ1) is 12.6. The lowest BCUT2D eigenvalue weighted by atomic mass is 10.1. The Hall–Kier alpha value is -1.88. The molecule has 0 amide bonds. The molecule has 0 radical (unpaired) electrons. The number of nitrogens with zero attached hydrogens (tertiary/aromatic N) is 3. The van der Waals surface area contributed by atoms with Crippen molar-refractivity contribution in [2.75, 3.05) is 0 Å². The normalized spacial score (nSPS) is 10.6. The van der Waals surface area contributed by atoms with E-state index in [1.165, 1.54) is 4.68 Å². The number of rotatable bonds is 4. The van der Waals surface area contributed by atoms with Gasteiger partial charge in [0, 0.05) is 0 Å². The van der Waals surface area contributed by atoms with Gasteiger partial charge in [-0.1, -0.05) is 41.9 Å². The zero-order chi connectivity index (χ0) is 13.1. The van der Waals surface area contributed by atoms with Crippen molar-refractivity contribution >= 4 is 17.6 Å². The van der Waals surface area contributed by atoms with Gasteiger partial charge >= 0.3 is 5.97 Å².